The van der Waals surface area contributed by atoms with Gasteiger partial charge in [-0.25, -0.2) is 0 Å². The molecule has 4 N–H and O–H groups in total. The Morgan fingerprint density at radius 1 is 1.10 bits per heavy atom. The minimum absolute atomic E-state index is 0.0420. The molecule has 0 bridgehead atoms. The molecular formula is C13H24O7. The molecule has 0 aliphatic heterocycles. The Morgan fingerprint density at radius 2 is 1.75 bits per heavy atom. The molecule has 0 saturated carbocycles. The van der Waals surface area contributed by atoms with Crippen molar-refractivity contribution in [3.05, 3.63) is 0 Å². The summed E-state index contributed by atoms with van der Waals surface area (Å²) in [6, 6.07) is 0. The highest BCUT2D eigenvalue weighted by Crippen LogP contribution is 2.07. The summed E-state index contributed by atoms with van der Waals surface area (Å²) in [5.74, 6) is -0.502. The molecule has 0 aliphatic carbocycles. The molecule has 4 atom stereocenters. The number of aliphatic hydroxyl groups is 4. The molecule has 7 heteroatoms. The number of unbranched alkanes of at least 4 members (excludes halogenated alkanes) is 3. The Balaban J connectivity index is 3.93. The molecule has 7 nitrogen and oxygen atoms in total. The van der Waals surface area contributed by atoms with Crippen LogP contribution < -0.4 is 0 Å². The molecule has 0 amide bonds. The molecule has 0 aromatic rings. The van der Waals surface area contributed by atoms with E-state index in [4.69, 9.17) is 9.84 Å². The lowest BCUT2D eigenvalue weighted by Gasteiger charge is -2.23. The quantitative estimate of drug-likeness (QED) is 0.222. The summed E-state index contributed by atoms with van der Waals surface area (Å²) in [6.45, 7) is 1.55. The van der Waals surface area contributed by atoms with Gasteiger partial charge in [0.1, 0.15) is 31.0 Å². The van der Waals surface area contributed by atoms with Crippen LogP contribution in [-0.4, -0.2) is 63.7 Å². The molecule has 20 heavy (non-hydrogen) atoms. The van der Waals surface area contributed by atoms with Crippen molar-refractivity contribution in [1.82, 2.24) is 0 Å². The number of carbonyl (C=O) groups is 2. The standard InChI is InChI=1S/C13H24O7/c1-2-3-4-5-6-11(17)20-8-10(16)13(19)12(18)9(15)7-14/h7,9-10,12-13,15-16,18-19H,2-6,8H2,1H3/t9-,10+,12+,13+/m0/s1. The number of rotatable bonds is 11. The first kappa shape index (κ1) is 19.0. The number of carbonyl (C=O) groups excluding carboxylic acids is 2. The molecule has 0 spiro atoms. The highest BCUT2D eigenvalue weighted by Gasteiger charge is 2.30. The van der Waals surface area contributed by atoms with Crippen LogP contribution in [0.15, 0.2) is 0 Å². The number of esters is 1. The van der Waals surface area contributed by atoms with Crippen molar-refractivity contribution in [2.45, 2.75) is 63.4 Å². The van der Waals surface area contributed by atoms with Crippen molar-refractivity contribution in [1.29, 1.82) is 0 Å². The van der Waals surface area contributed by atoms with Crippen LogP contribution in [0.1, 0.15) is 39.0 Å². The Kier molecular flexibility index (Phi) is 10.2. The van der Waals surface area contributed by atoms with Crippen LogP contribution in [0.25, 0.3) is 0 Å². The molecule has 0 unspecified atom stereocenters. The minimum Gasteiger partial charge on any atom is -0.463 e. The van der Waals surface area contributed by atoms with Crippen LogP contribution in [0.2, 0.25) is 0 Å². The van der Waals surface area contributed by atoms with E-state index in [9.17, 15) is 24.9 Å². The van der Waals surface area contributed by atoms with Crippen molar-refractivity contribution >= 4 is 12.3 Å². The third-order valence-electron chi connectivity index (χ3n) is 2.88. The highest BCUT2D eigenvalue weighted by atomic mass is 16.5. The zero-order valence-electron chi connectivity index (χ0n) is 11.6. The van der Waals surface area contributed by atoms with Crippen molar-refractivity contribution in [2.75, 3.05) is 6.61 Å². The van der Waals surface area contributed by atoms with Crippen LogP contribution in [0.4, 0.5) is 0 Å². The Hall–Kier alpha value is -1.02. The van der Waals surface area contributed by atoms with E-state index in [2.05, 4.69) is 6.92 Å². The van der Waals surface area contributed by atoms with Gasteiger partial charge in [0.05, 0.1) is 0 Å². The van der Waals surface area contributed by atoms with E-state index in [0.717, 1.165) is 19.3 Å². The van der Waals surface area contributed by atoms with Crippen molar-refractivity contribution in [3.8, 4) is 0 Å². The molecule has 0 radical (unpaired) electrons. The topological polar surface area (TPSA) is 124 Å². The van der Waals surface area contributed by atoms with E-state index in [1.165, 1.54) is 0 Å². The summed E-state index contributed by atoms with van der Waals surface area (Å²) >= 11 is 0. The van der Waals surface area contributed by atoms with Gasteiger partial charge in [-0.1, -0.05) is 26.2 Å². The number of hydrogen-bond donors (Lipinski definition) is 4. The monoisotopic (exact) mass is 292 g/mol. The number of aliphatic hydroxyl groups excluding tert-OH is 4. The maximum Gasteiger partial charge on any atom is 0.305 e. The van der Waals surface area contributed by atoms with Gasteiger partial charge < -0.3 is 30.0 Å². The van der Waals surface area contributed by atoms with E-state index in [0.29, 0.717) is 6.42 Å². The highest BCUT2D eigenvalue weighted by molar-refractivity contribution is 5.69. The molecule has 0 aromatic heterocycles. The summed E-state index contributed by atoms with van der Waals surface area (Å²) in [6.07, 6.45) is -3.01. The van der Waals surface area contributed by atoms with E-state index < -0.39 is 37.0 Å². The average Bonchev–Trinajstić information content (AvgIpc) is 2.46. The number of ether oxygens (including phenoxy) is 1. The van der Waals surface area contributed by atoms with Crippen molar-refractivity contribution in [3.63, 3.8) is 0 Å². The summed E-state index contributed by atoms with van der Waals surface area (Å²) in [5.41, 5.74) is 0. The molecule has 0 aromatic carbocycles. The fourth-order valence-electron chi connectivity index (χ4n) is 1.56. The van der Waals surface area contributed by atoms with Gasteiger partial charge in [0.25, 0.3) is 0 Å². The largest absolute Gasteiger partial charge is 0.463 e. The zero-order chi connectivity index (χ0) is 15.5. The molecular weight excluding hydrogens is 268 g/mol. The third kappa shape index (κ3) is 7.54. The van der Waals surface area contributed by atoms with Crippen LogP contribution in [0, 0.1) is 0 Å². The SMILES string of the molecule is CCCCCCC(=O)OC[C@@H](O)[C@@H](O)[C@H](O)[C@@H](O)C=O. The first-order chi connectivity index (χ1) is 9.43. The maximum atomic E-state index is 11.3. The number of hydrogen-bond acceptors (Lipinski definition) is 7. The molecule has 0 heterocycles. The second kappa shape index (κ2) is 10.7. The van der Waals surface area contributed by atoms with Crippen LogP contribution in [0.5, 0.6) is 0 Å². The fraction of sp³-hybridized carbons (Fsp3) is 0.846. The second-order valence-electron chi connectivity index (χ2n) is 4.67. The fourth-order valence-corrected chi connectivity index (χ4v) is 1.56. The van der Waals surface area contributed by atoms with Gasteiger partial charge in [-0.05, 0) is 6.42 Å². The predicted molar refractivity (Wildman–Crippen MR) is 69.8 cm³/mol. The first-order valence-corrected chi connectivity index (χ1v) is 6.77. The second-order valence-corrected chi connectivity index (χ2v) is 4.67. The summed E-state index contributed by atoms with van der Waals surface area (Å²) in [7, 11) is 0. The normalized spacial score (nSPS) is 17.1. The molecule has 0 fully saturated rings. The van der Waals surface area contributed by atoms with Gasteiger partial charge in [-0.15, -0.1) is 0 Å². The van der Waals surface area contributed by atoms with Gasteiger partial charge in [-0.3, -0.25) is 4.79 Å². The van der Waals surface area contributed by atoms with Crippen molar-refractivity contribution < 1.29 is 34.8 Å². The number of aldehydes is 1. The first-order valence-electron chi connectivity index (χ1n) is 6.77. The Morgan fingerprint density at radius 3 is 2.30 bits per heavy atom. The van der Waals surface area contributed by atoms with Gasteiger partial charge in [-0.2, -0.15) is 0 Å². The van der Waals surface area contributed by atoms with E-state index in [1.807, 2.05) is 0 Å². The molecule has 0 aliphatic rings. The summed E-state index contributed by atoms with van der Waals surface area (Å²) in [4.78, 5) is 21.5. The van der Waals surface area contributed by atoms with Gasteiger partial charge in [0.15, 0.2) is 6.29 Å². The van der Waals surface area contributed by atoms with Crippen LogP contribution >= 0.6 is 0 Å². The molecule has 118 valence electrons. The lowest BCUT2D eigenvalue weighted by atomic mass is 10.0. The van der Waals surface area contributed by atoms with Gasteiger partial charge in [0, 0.05) is 6.42 Å². The van der Waals surface area contributed by atoms with E-state index >= 15 is 0 Å². The Bertz CT molecular complexity index is 282. The van der Waals surface area contributed by atoms with E-state index in [1.54, 1.807) is 0 Å². The van der Waals surface area contributed by atoms with Crippen molar-refractivity contribution in [2.24, 2.45) is 0 Å². The molecule has 0 rings (SSSR count). The average molecular weight is 292 g/mol. The smallest absolute Gasteiger partial charge is 0.305 e. The van der Waals surface area contributed by atoms with Gasteiger partial charge >= 0.3 is 5.97 Å². The summed E-state index contributed by atoms with van der Waals surface area (Å²) < 4.78 is 4.74. The Labute approximate surface area is 118 Å². The zero-order valence-corrected chi connectivity index (χ0v) is 11.6. The lowest BCUT2D eigenvalue weighted by molar-refractivity contribution is -0.156. The minimum atomic E-state index is -1.83. The predicted octanol–water partition coefficient (Wildman–Crippen LogP) is -0.858. The van der Waals surface area contributed by atoms with E-state index in [-0.39, 0.29) is 12.7 Å². The third-order valence-corrected chi connectivity index (χ3v) is 2.88. The van der Waals surface area contributed by atoms with Crippen LogP contribution in [0.3, 0.4) is 0 Å². The maximum absolute atomic E-state index is 11.3. The molecule has 0 saturated heterocycles. The van der Waals surface area contributed by atoms with Crippen LogP contribution in [-0.2, 0) is 14.3 Å². The van der Waals surface area contributed by atoms with Gasteiger partial charge in [0.2, 0.25) is 0 Å². The summed E-state index contributed by atoms with van der Waals surface area (Å²) in [5, 5.41) is 37.2. The lowest BCUT2D eigenvalue weighted by Crippen LogP contribution is -2.46.